The fraction of sp³-hybridized carbons (Fsp3) is 0.600. The Kier molecular flexibility index (Phi) is 5.41. The highest BCUT2D eigenvalue weighted by Crippen LogP contribution is 2.27. The summed E-state index contributed by atoms with van der Waals surface area (Å²) in [6.07, 6.45) is 8.51. The Morgan fingerprint density at radius 3 is 2.85 bits per heavy atom. The number of amides is 1. The number of hydrogen-bond donors (Lipinski definition) is 1. The van der Waals surface area contributed by atoms with Gasteiger partial charge in [0.05, 0.1) is 18.3 Å². The molecule has 5 nitrogen and oxygen atoms in total. The molecule has 1 amide bonds. The maximum Gasteiger partial charge on any atom is 0.287 e. The lowest BCUT2D eigenvalue weighted by molar-refractivity contribution is 0.0914. The number of fused-ring (bicyclic) bond motifs is 1. The van der Waals surface area contributed by atoms with Crippen molar-refractivity contribution in [2.75, 3.05) is 13.1 Å². The first-order valence-electron chi connectivity index (χ1n) is 9.80. The highest BCUT2D eigenvalue weighted by atomic mass is 32.1. The van der Waals surface area contributed by atoms with E-state index in [0.29, 0.717) is 12.3 Å². The minimum Gasteiger partial charge on any atom is -0.454 e. The summed E-state index contributed by atoms with van der Waals surface area (Å²) in [5.74, 6) is 1.11. The lowest BCUT2D eigenvalue weighted by atomic mass is 10.0. The van der Waals surface area contributed by atoms with Gasteiger partial charge < -0.3 is 9.73 Å². The van der Waals surface area contributed by atoms with Gasteiger partial charge >= 0.3 is 0 Å². The summed E-state index contributed by atoms with van der Waals surface area (Å²) in [4.78, 5) is 20.9. The summed E-state index contributed by atoms with van der Waals surface area (Å²) in [5.41, 5.74) is 1.24. The molecule has 1 N–H and O–H groups in total. The van der Waals surface area contributed by atoms with E-state index in [1.54, 1.807) is 17.4 Å². The van der Waals surface area contributed by atoms with E-state index < -0.39 is 0 Å². The van der Waals surface area contributed by atoms with Gasteiger partial charge in [-0.1, -0.05) is 6.42 Å². The Labute approximate surface area is 158 Å². The lowest BCUT2D eigenvalue weighted by Crippen LogP contribution is -2.32. The van der Waals surface area contributed by atoms with Crippen LogP contribution in [0.3, 0.4) is 0 Å². The number of furan rings is 1. The van der Waals surface area contributed by atoms with Crippen LogP contribution >= 0.6 is 11.3 Å². The van der Waals surface area contributed by atoms with E-state index in [1.807, 2.05) is 6.07 Å². The number of thiazole rings is 1. The lowest BCUT2D eigenvalue weighted by Gasteiger charge is -2.31. The minimum absolute atomic E-state index is 0.157. The van der Waals surface area contributed by atoms with E-state index in [2.05, 4.69) is 22.1 Å². The van der Waals surface area contributed by atoms with Crippen molar-refractivity contribution < 1.29 is 9.21 Å². The van der Waals surface area contributed by atoms with Crippen LogP contribution in [0, 0.1) is 0 Å². The first-order valence-corrected chi connectivity index (χ1v) is 10.6. The summed E-state index contributed by atoms with van der Waals surface area (Å²) in [6.45, 7) is 4.86. The first-order chi connectivity index (χ1) is 12.7. The average molecular weight is 374 g/mol. The number of aromatic nitrogens is 1. The Bertz CT molecular complexity index is 737. The van der Waals surface area contributed by atoms with Crippen molar-refractivity contribution in [1.29, 1.82) is 0 Å². The molecule has 1 saturated heterocycles. The second kappa shape index (κ2) is 7.92. The number of carbonyl (C=O) groups excluding carboxylic acids is 1. The van der Waals surface area contributed by atoms with Gasteiger partial charge in [0.15, 0.2) is 5.76 Å². The van der Waals surface area contributed by atoms with E-state index in [1.165, 1.54) is 42.7 Å². The van der Waals surface area contributed by atoms with Gasteiger partial charge in [0.1, 0.15) is 10.8 Å². The molecule has 4 rings (SSSR count). The summed E-state index contributed by atoms with van der Waals surface area (Å²) in [7, 11) is 0. The third-order valence-electron chi connectivity index (χ3n) is 5.49. The van der Waals surface area contributed by atoms with Crippen molar-refractivity contribution in [2.45, 2.75) is 64.5 Å². The second-order valence-electron chi connectivity index (χ2n) is 7.34. The van der Waals surface area contributed by atoms with Gasteiger partial charge in [-0.3, -0.25) is 9.69 Å². The number of likely N-dealkylation sites (tertiary alicyclic amines) is 1. The van der Waals surface area contributed by atoms with Gasteiger partial charge in [-0.25, -0.2) is 4.98 Å². The number of nitrogens with one attached hydrogen (secondary N) is 1. The van der Waals surface area contributed by atoms with Gasteiger partial charge in [0.2, 0.25) is 0 Å². The smallest absolute Gasteiger partial charge is 0.287 e. The third-order valence-corrected chi connectivity index (χ3v) is 6.65. The van der Waals surface area contributed by atoms with Crippen molar-refractivity contribution in [1.82, 2.24) is 15.2 Å². The SMILES string of the molecule is CC(c1ccc(C(=O)NCc2nc3c(s2)CCCC3)o1)N1CCCCC1. The molecule has 2 aliphatic rings. The van der Waals surface area contributed by atoms with Crippen LogP contribution in [0.5, 0.6) is 0 Å². The molecule has 3 heterocycles. The van der Waals surface area contributed by atoms with Crippen LogP contribution in [0.15, 0.2) is 16.5 Å². The molecular weight excluding hydrogens is 346 g/mol. The molecule has 1 aliphatic carbocycles. The zero-order valence-corrected chi connectivity index (χ0v) is 16.2. The molecule has 0 aromatic carbocycles. The molecule has 0 radical (unpaired) electrons. The Morgan fingerprint density at radius 1 is 1.23 bits per heavy atom. The van der Waals surface area contributed by atoms with Crippen molar-refractivity contribution >= 4 is 17.2 Å². The molecule has 2 aromatic rings. The quantitative estimate of drug-likeness (QED) is 0.857. The molecule has 0 spiro atoms. The van der Waals surface area contributed by atoms with E-state index >= 15 is 0 Å². The normalized spacial score (nSPS) is 19.1. The number of piperidine rings is 1. The zero-order chi connectivity index (χ0) is 17.9. The third kappa shape index (κ3) is 3.86. The van der Waals surface area contributed by atoms with Gasteiger partial charge in [-0.2, -0.15) is 0 Å². The van der Waals surface area contributed by atoms with E-state index in [4.69, 9.17) is 4.42 Å². The predicted octanol–water partition coefficient (Wildman–Crippen LogP) is 4.09. The molecule has 0 bridgehead atoms. The molecule has 140 valence electrons. The second-order valence-corrected chi connectivity index (χ2v) is 8.51. The van der Waals surface area contributed by atoms with Crippen LogP contribution in [-0.2, 0) is 19.4 Å². The van der Waals surface area contributed by atoms with E-state index in [-0.39, 0.29) is 11.9 Å². The monoisotopic (exact) mass is 373 g/mol. The molecular formula is C20H27N3O2S. The topological polar surface area (TPSA) is 58.4 Å². The van der Waals surface area contributed by atoms with Crippen LogP contribution in [0.2, 0.25) is 0 Å². The first kappa shape index (κ1) is 17.7. The molecule has 1 aliphatic heterocycles. The summed E-state index contributed by atoms with van der Waals surface area (Å²) in [5, 5.41) is 3.96. The molecule has 1 atom stereocenters. The van der Waals surface area contributed by atoms with E-state index in [9.17, 15) is 4.79 Å². The van der Waals surface area contributed by atoms with Gasteiger partial charge in [-0.05, 0) is 70.7 Å². The van der Waals surface area contributed by atoms with Crippen LogP contribution in [0.25, 0.3) is 0 Å². The molecule has 26 heavy (non-hydrogen) atoms. The standard InChI is InChI=1S/C20H27N3O2S/c1-14(23-11-5-2-6-12-23)16-9-10-17(25-16)20(24)21-13-19-22-15-7-3-4-8-18(15)26-19/h9-10,14H,2-8,11-13H2,1H3,(H,21,24). The molecule has 1 unspecified atom stereocenters. The highest BCUT2D eigenvalue weighted by molar-refractivity contribution is 7.11. The summed E-state index contributed by atoms with van der Waals surface area (Å²) in [6, 6.07) is 3.96. The number of carbonyl (C=O) groups is 1. The van der Waals surface area contributed by atoms with Crippen LogP contribution < -0.4 is 5.32 Å². The van der Waals surface area contributed by atoms with E-state index in [0.717, 1.165) is 36.7 Å². The maximum atomic E-state index is 12.4. The Balaban J connectivity index is 1.35. The van der Waals surface area contributed by atoms with Crippen molar-refractivity contribution in [3.05, 3.63) is 39.2 Å². The highest BCUT2D eigenvalue weighted by Gasteiger charge is 2.22. The zero-order valence-electron chi connectivity index (χ0n) is 15.4. The number of aryl methyl sites for hydroxylation is 2. The predicted molar refractivity (Wildman–Crippen MR) is 102 cm³/mol. The van der Waals surface area contributed by atoms with Crippen LogP contribution in [0.4, 0.5) is 0 Å². The average Bonchev–Trinajstić information content (AvgIpc) is 3.33. The summed E-state index contributed by atoms with van der Waals surface area (Å²) >= 11 is 1.74. The fourth-order valence-electron chi connectivity index (χ4n) is 3.91. The van der Waals surface area contributed by atoms with Gasteiger partial charge in [0, 0.05) is 4.88 Å². The molecule has 6 heteroatoms. The van der Waals surface area contributed by atoms with Crippen molar-refractivity contribution in [2.24, 2.45) is 0 Å². The van der Waals surface area contributed by atoms with Crippen LogP contribution in [0.1, 0.15) is 77.0 Å². The molecule has 1 fully saturated rings. The van der Waals surface area contributed by atoms with Gasteiger partial charge in [-0.15, -0.1) is 11.3 Å². The number of rotatable bonds is 5. The largest absolute Gasteiger partial charge is 0.454 e. The molecule has 0 saturated carbocycles. The molecule has 2 aromatic heterocycles. The maximum absolute atomic E-state index is 12.4. The minimum atomic E-state index is -0.157. The Morgan fingerprint density at radius 2 is 2.04 bits per heavy atom. The van der Waals surface area contributed by atoms with Crippen molar-refractivity contribution in [3.63, 3.8) is 0 Å². The van der Waals surface area contributed by atoms with Gasteiger partial charge in [0.25, 0.3) is 5.91 Å². The van der Waals surface area contributed by atoms with Crippen molar-refractivity contribution in [3.8, 4) is 0 Å². The van der Waals surface area contributed by atoms with Crippen LogP contribution in [-0.4, -0.2) is 28.9 Å². The fourth-order valence-corrected chi connectivity index (χ4v) is 5.01. The number of hydrogen-bond acceptors (Lipinski definition) is 5. The number of nitrogens with zero attached hydrogens (tertiary/aromatic N) is 2. The summed E-state index contributed by atoms with van der Waals surface area (Å²) < 4.78 is 5.86. The Hall–Kier alpha value is -1.66.